The number of halogens is 1. The summed E-state index contributed by atoms with van der Waals surface area (Å²) in [7, 11) is 0. The number of rotatable bonds is 5. The number of aromatic nitrogens is 1. The van der Waals surface area contributed by atoms with Crippen LogP contribution in [0.25, 0.3) is 0 Å². The van der Waals surface area contributed by atoms with E-state index in [4.69, 9.17) is 11.6 Å². The van der Waals surface area contributed by atoms with E-state index < -0.39 is 23.7 Å². The maximum atomic E-state index is 13.3. The third kappa shape index (κ3) is 3.43. The summed E-state index contributed by atoms with van der Waals surface area (Å²) in [5, 5.41) is 11.8. The Labute approximate surface area is 173 Å². The number of amides is 1. The van der Waals surface area contributed by atoms with E-state index in [0.717, 1.165) is 11.1 Å². The monoisotopic (exact) mass is 406 g/mol. The SMILES string of the molecule is Cc1ccccc1CN1C(=O)[C@](O)(CC(=O)c2ccccn2)c2cc(Cl)ccc21. The van der Waals surface area contributed by atoms with Gasteiger partial charge in [0.2, 0.25) is 0 Å². The zero-order chi connectivity index (χ0) is 20.6. The highest BCUT2D eigenvalue weighted by Crippen LogP contribution is 2.44. The molecule has 0 aliphatic carbocycles. The third-order valence-electron chi connectivity index (χ3n) is 5.25. The van der Waals surface area contributed by atoms with Gasteiger partial charge >= 0.3 is 0 Å². The molecule has 0 fully saturated rings. The second-order valence-electron chi connectivity index (χ2n) is 7.15. The molecule has 29 heavy (non-hydrogen) atoms. The van der Waals surface area contributed by atoms with Crippen molar-refractivity contribution in [2.24, 2.45) is 0 Å². The number of fused-ring (bicyclic) bond motifs is 1. The molecule has 1 atom stereocenters. The molecule has 1 aromatic heterocycles. The van der Waals surface area contributed by atoms with Crippen LogP contribution in [0, 0.1) is 6.92 Å². The number of aliphatic hydroxyl groups is 1. The van der Waals surface area contributed by atoms with Crippen molar-refractivity contribution in [1.82, 2.24) is 4.98 Å². The maximum absolute atomic E-state index is 13.3. The molecule has 5 nitrogen and oxygen atoms in total. The van der Waals surface area contributed by atoms with E-state index in [1.165, 1.54) is 11.1 Å². The Hall–Kier alpha value is -3.02. The Morgan fingerprint density at radius 1 is 1.14 bits per heavy atom. The van der Waals surface area contributed by atoms with E-state index in [0.29, 0.717) is 22.8 Å². The van der Waals surface area contributed by atoms with E-state index in [1.807, 2.05) is 31.2 Å². The molecule has 0 saturated heterocycles. The van der Waals surface area contributed by atoms with E-state index in [1.54, 1.807) is 36.4 Å². The summed E-state index contributed by atoms with van der Waals surface area (Å²) in [5.74, 6) is -0.951. The number of carbonyl (C=O) groups is 2. The quantitative estimate of drug-likeness (QED) is 0.649. The molecule has 1 N–H and O–H groups in total. The van der Waals surface area contributed by atoms with Crippen molar-refractivity contribution in [3.8, 4) is 0 Å². The van der Waals surface area contributed by atoms with Crippen LogP contribution in [0.1, 0.15) is 33.6 Å². The molecular formula is C23H19ClN2O3. The standard InChI is InChI=1S/C23H19ClN2O3/c1-15-6-2-3-7-16(15)14-26-20-10-9-17(24)12-18(20)23(29,22(26)28)13-21(27)19-8-4-5-11-25-19/h2-12,29H,13-14H2,1H3/t23-/m0/s1. The number of aryl methyl sites for hydroxylation is 1. The zero-order valence-electron chi connectivity index (χ0n) is 15.8. The Balaban J connectivity index is 1.73. The maximum Gasteiger partial charge on any atom is 0.264 e. The van der Waals surface area contributed by atoms with Crippen molar-refractivity contribution in [2.45, 2.75) is 25.5 Å². The molecule has 4 rings (SSSR count). The molecule has 0 radical (unpaired) electrons. The molecule has 2 heterocycles. The number of Topliss-reactive ketones (excluding diaryl/α,β-unsaturated/α-hetero) is 1. The van der Waals surface area contributed by atoms with Gasteiger partial charge < -0.3 is 10.0 Å². The Morgan fingerprint density at radius 2 is 1.90 bits per heavy atom. The van der Waals surface area contributed by atoms with Gasteiger partial charge in [0.15, 0.2) is 11.4 Å². The minimum absolute atomic E-state index is 0.203. The molecule has 1 aliphatic heterocycles. The number of pyridine rings is 1. The van der Waals surface area contributed by atoms with Crippen molar-refractivity contribution < 1.29 is 14.7 Å². The largest absolute Gasteiger partial charge is 0.375 e. The van der Waals surface area contributed by atoms with Gasteiger partial charge in [0, 0.05) is 16.8 Å². The van der Waals surface area contributed by atoms with Crippen LogP contribution >= 0.6 is 11.6 Å². The lowest BCUT2D eigenvalue weighted by Gasteiger charge is -2.23. The van der Waals surface area contributed by atoms with Crippen LogP contribution < -0.4 is 4.90 Å². The van der Waals surface area contributed by atoms with Crippen molar-refractivity contribution in [3.05, 3.63) is 94.3 Å². The van der Waals surface area contributed by atoms with Gasteiger partial charge in [0.05, 0.1) is 18.7 Å². The van der Waals surface area contributed by atoms with Crippen LogP contribution in [-0.4, -0.2) is 21.8 Å². The van der Waals surface area contributed by atoms with Crippen molar-refractivity contribution in [2.75, 3.05) is 4.90 Å². The molecule has 146 valence electrons. The topological polar surface area (TPSA) is 70.5 Å². The summed E-state index contributed by atoms with van der Waals surface area (Å²) in [5.41, 5.74) is 1.11. The number of hydrogen-bond acceptors (Lipinski definition) is 4. The van der Waals surface area contributed by atoms with Gasteiger partial charge in [-0.1, -0.05) is 41.9 Å². The fourth-order valence-corrected chi connectivity index (χ4v) is 3.83. The van der Waals surface area contributed by atoms with Crippen LogP contribution in [0.4, 0.5) is 5.69 Å². The van der Waals surface area contributed by atoms with Crippen molar-refractivity contribution in [1.29, 1.82) is 0 Å². The average molecular weight is 407 g/mol. The zero-order valence-corrected chi connectivity index (χ0v) is 16.6. The van der Waals surface area contributed by atoms with Gasteiger partial charge in [0.25, 0.3) is 5.91 Å². The summed E-state index contributed by atoms with van der Waals surface area (Å²) in [4.78, 5) is 31.6. The van der Waals surface area contributed by atoms with Crippen LogP contribution in [0.3, 0.4) is 0 Å². The smallest absolute Gasteiger partial charge is 0.264 e. The third-order valence-corrected chi connectivity index (χ3v) is 5.49. The van der Waals surface area contributed by atoms with Crippen LogP contribution in [0.15, 0.2) is 66.9 Å². The molecular weight excluding hydrogens is 388 g/mol. The number of anilines is 1. The number of ketones is 1. The number of hydrogen-bond donors (Lipinski definition) is 1. The summed E-state index contributed by atoms with van der Waals surface area (Å²) < 4.78 is 0. The summed E-state index contributed by atoms with van der Waals surface area (Å²) >= 11 is 6.15. The van der Waals surface area contributed by atoms with Crippen LogP contribution in [0.2, 0.25) is 5.02 Å². The molecule has 3 aromatic rings. The van der Waals surface area contributed by atoms with Crippen LogP contribution in [0.5, 0.6) is 0 Å². The normalized spacial score (nSPS) is 18.0. The molecule has 0 unspecified atom stereocenters. The second-order valence-corrected chi connectivity index (χ2v) is 7.59. The number of nitrogens with zero attached hydrogens (tertiary/aromatic N) is 2. The predicted octanol–water partition coefficient (Wildman–Crippen LogP) is 4.05. The Bertz CT molecular complexity index is 1100. The minimum atomic E-state index is -1.99. The fourth-order valence-electron chi connectivity index (χ4n) is 3.66. The molecule has 2 aromatic carbocycles. The van der Waals surface area contributed by atoms with Gasteiger partial charge in [-0.05, 0) is 48.4 Å². The Morgan fingerprint density at radius 3 is 2.62 bits per heavy atom. The number of carbonyl (C=O) groups excluding carboxylic acids is 2. The van der Waals surface area contributed by atoms with Gasteiger partial charge in [-0.3, -0.25) is 14.6 Å². The lowest BCUT2D eigenvalue weighted by Crippen LogP contribution is -2.41. The lowest BCUT2D eigenvalue weighted by molar-refractivity contribution is -0.136. The van der Waals surface area contributed by atoms with Crippen molar-refractivity contribution in [3.63, 3.8) is 0 Å². The van der Waals surface area contributed by atoms with Crippen LogP contribution in [-0.2, 0) is 16.9 Å². The molecule has 0 spiro atoms. The summed E-state index contributed by atoms with van der Waals surface area (Å²) in [6.07, 6.45) is 1.10. The molecule has 0 bridgehead atoms. The Kier molecular flexibility index (Phi) is 4.94. The van der Waals surface area contributed by atoms with E-state index in [-0.39, 0.29) is 5.69 Å². The summed E-state index contributed by atoms with van der Waals surface area (Å²) in [6.45, 7) is 2.26. The minimum Gasteiger partial charge on any atom is -0.375 e. The van der Waals surface area contributed by atoms with E-state index >= 15 is 0 Å². The van der Waals surface area contributed by atoms with Gasteiger partial charge in [-0.25, -0.2) is 0 Å². The highest BCUT2D eigenvalue weighted by atomic mass is 35.5. The first-order valence-corrected chi connectivity index (χ1v) is 9.61. The van der Waals surface area contributed by atoms with Crippen molar-refractivity contribution >= 4 is 29.0 Å². The van der Waals surface area contributed by atoms with E-state index in [9.17, 15) is 14.7 Å². The lowest BCUT2D eigenvalue weighted by atomic mass is 9.89. The van der Waals surface area contributed by atoms with Gasteiger partial charge in [0.1, 0.15) is 5.69 Å². The first-order valence-electron chi connectivity index (χ1n) is 9.23. The predicted molar refractivity (Wildman–Crippen MR) is 111 cm³/mol. The molecule has 1 aliphatic rings. The number of benzene rings is 2. The summed E-state index contributed by atoms with van der Waals surface area (Å²) in [6, 6.07) is 17.6. The molecule has 0 saturated carbocycles. The highest BCUT2D eigenvalue weighted by molar-refractivity contribution is 6.31. The molecule has 1 amide bonds. The first-order chi connectivity index (χ1) is 13.9. The second kappa shape index (κ2) is 7.43. The first kappa shape index (κ1) is 19.3. The van der Waals surface area contributed by atoms with Gasteiger partial charge in [-0.15, -0.1) is 0 Å². The molecule has 6 heteroatoms. The van der Waals surface area contributed by atoms with E-state index in [2.05, 4.69) is 4.98 Å². The highest BCUT2D eigenvalue weighted by Gasteiger charge is 2.51. The fraction of sp³-hybridized carbons (Fsp3) is 0.174. The average Bonchev–Trinajstić information content (AvgIpc) is 2.92. The van der Waals surface area contributed by atoms with Gasteiger partial charge in [-0.2, -0.15) is 0 Å².